The molecule has 16 heavy (non-hydrogen) atoms. The maximum Gasteiger partial charge on any atom is 0.323 e. The summed E-state index contributed by atoms with van der Waals surface area (Å²) in [6.45, 7) is 7.68. The predicted octanol–water partition coefficient (Wildman–Crippen LogP) is 1.64. The molecule has 0 saturated heterocycles. The van der Waals surface area contributed by atoms with Crippen LogP contribution in [0.5, 0.6) is 0 Å². The summed E-state index contributed by atoms with van der Waals surface area (Å²) in [5.41, 5.74) is -1.34. The van der Waals surface area contributed by atoms with E-state index in [-0.39, 0.29) is 0 Å². The fraction of sp³-hybridized carbons (Fsp3) is 0.917. The minimum absolute atomic E-state index is 0.341. The number of aliphatic carboxylic acids is 1. The van der Waals surface area contributed by atoms with Gasteiger partial charge in [-0.15, -0.1) is 0 Å². The molecular weight excluding hydrogens is 206 g/mol. The minimum Gasteiger partial charge on any atom is -0.480 e. The molecule has 0 spiro atoms. The summed E-state index contributed by atoms with van der Waals surface area (Å²) in [6, 6.07) is 0.341. The molecule has 0 bridgehead atoms. The van der Waals surface area contributed by atoms with Gasteiger partial charge in [0, 0.05) is 19.6 Å². The molecule has 2 N–H and O–H groups in total. The molecule has 1 saturated carbocycles. The molecule has 4 heteroatoms. The van der Waals surface area contributed by atoms with Crippen LogP contribution in [0.2, 0.25) is 0 Å². The van der Waals surface area contributed by atoms with Gasteiger partial charge < -0.3 is 9.84 Å². The van der Waals surface area contributed by atoms with E-state index in [9.17, 15) is 9.90 Å². The highest BCUT2D eigenvalue weighted by Crippen LogP contribution is 2.33. The summed E-state index contributed by atoms with van der Waals surface area (Å²) in [5.74, 6) is -0.221. The van der Waals surface area contributed by atoms with Gasteiger partial charge in [0.25, 0.3) is 0 Å². The molecule has 1 fully saturated rings. The average molecular weight is 229 g/mol. The van der Waals surface area contributed by atoms with Crippen LogP contribution in [-0.4, -0.2) is 35.4 Å². The van der Waals surface area contributed by atoms with E-state index in [2.05, 4.69) is 12.2 Å². The second kappa shape index (κ2) is 4.34. The zero-order chi connectivity index (χ0) is 12.6. The number of methoxy groups -OCH3 is 1. The molecule has 0 amide bonds. The first kappa shape index (κ1) is 13.5. The molecule has 4 nitrogen and oxygen atoms in total. The number of carbonyl (C=O) groups is 1. The number of carboxylic acids is 1. The van der Waals surface area contributed by atoms with Gasteiger partial charge in [-0.05, 0) is 33.1 Å². The van der Waals surface area contributed by atoms with Crippen LogP contribution in [0, 0.1) is 5.92 Å². The van der Waals surface area contributed by atoms with Gasteiger partial charge in [0.1, 0.15) is 5.54 Å². The molecule has 94 valence electrons. The number of nitrogens with one attached hydrogen (secondary N) is 1. The molecule has 0 aromatic carbocycles. The lowest BCUT2D eigenvalue weighted by molar-refractivity contribution is -0.147. The van der Waals surface area contributed by atoms with Crippen molar-refractivity contribution in [3.63, 3.8) is 0 Å². The SMILES string of the molecule is COC(C)(C)CC(C)(NC1CC1C)C(=O)O. The van der Waals surface area contributed by atoms with Crippen LogP contribution >= 0.6 is 0 Å². The van der Waals surface area contributed by atoms with Gasteiger partial charge in [-0.25, -0.2) is 0 Å². The van der Waals surface area contributed by atoms with E-state index in [0.717, 1.165) is 6.42 Å². The number of ether oxygens (including phenoxy) is 1. The smallest absolute Gasteiger partial charge is 0.323 e. The standard InChI is InChI=1S/C12H23NO3/c1-8-6-9(8)13-12(4,10(14)15)7-11(2,3)16-5/h8-9,13H,6-7H2,1-5H3,(H,14,15). The maximum atomic E-state index is 11.4. The highest BCUT2D eigenvalue weighted by molar-refractivity contribution is 5.78. The average Bonchev–Trinajstić information content (AvgIpc) is 2.80. The summed E-state index contributed by atoms with van der Waals surface area (Å²) in [5, 5.41) is 12.6. The van der Waals surface area contributed by atoms with Crippen molar-refractivity contribution in [2.45, 2.75) is 57.7 Å². The fourth-order valence-corrected chi connectivity index (χ4v) is 2.04. The summed E-state index contributed by atoms with van der Waals surface area (Å²) < 4.78 is 5.31. The quantitative estimate of drug-likeness (QED) is 0.727. The lowest BCUT2D eigenvalue weighted by Gasteiger charge is -2.34. The molecule has 0 heterocycles. The third kappa shape index (κ3) is 3.19. The van der Waals surface area contributed by atoms with Crippen LogP contribution in [0.3, 0.4) is 0 Å². The Balaban J connectivity index is 2.68. The zero-order valence-corrected chi connectivity index (χ0v) is 10.8. The molecule has 1 aliphatic rings. The van der Waals surface area contributed by atoms with Crippen molar-refractivity contribution in [1.82, 2.24) is 5.32 Å². The summed E-state index contributed by atoms with van der Waals surface area (Å²) >= 11 is 0. The van der Waals surface area contributed by atoms with Crippen LogP contribution in [0.15, 0.2) is 0 Å². The molecule has 3 atom stereocenters. The molecular formula is C12H23NO3. The van der Waals surface area contributed by atoms with Crippen molar-refractivity contribution in [3.05, 3.63) is 0 Å². The van der Waals surface area contributed by atoms with Crippen molar-refractivity contribution < 1.29 is 14.6 Å². The normalized spacial score (nSPS) is 28.6. The van der Waals surface area contributed by atoms with Gasteiger partial charge >= 0.3 is 5.97 Å². The van der Waals surface area contributed by atoms with Crippen molar-refractivity contribution in [2.75, 3.05) is 7.11 Å². The first-order valence-corrected chi connectivity index (χ1v) is 5.76. The van der Waals surface area contributed by atoms with Gasteiger partial charge in [0.15, 0.2) is 0 Å². The molecule has 1 rings (SSSR count). The van der Waals surface area contributed by atoms with E-state index in [1.54, 1.807) is 14.0 Å². The summed E-state index contributed by atoms with van der Waals surface area (Å²) in [6.07, 6.45) is 1.52. The third-order valence-corrected chi connectivity index (χ3v) is 3.42. The first-order valence-electron chi connectivity index (χ1n) is 5.76. The second-order valence-corrected chi connectivity index (χ2v) is 5.74. The fourth-order valence-electron chi connectivity index (χ4n) is 2.04. The number of hydrogen-bond acceptors (Lipinski definition) is 3. The maximum absolute atomic E-state index is 11.4. The van der Waals surface area contributed by atoms with Crippen molar-refractivity contribution in [1.29, 1.82) is 0 Å². The number of hydrogen-bond donors (Lipinski definition) is 2. The van der Waals surface area contributed by atoms with Crippen LogP contribution in [-0.2, 0) is 9.53 Å². The van der Waals surface area contributed by atoms with E-state index >= 15 is 0 Å². The predicted molar refractivity (Wildman–Crippen MR) is 62.5 cm³/mol. The molecule has 0 aromatic rings. The molecule has 0 radical (unpaired) electrons. The van der Waals surface area contributed by atoms with Gasteiger partial charge in [0.05, 0.1) is 5.60 Å². The molecule has 3 unspecified atom stereocenters. The lowest BCUT2D eigenvalue weighted by Crippen LogP contribution is -2.54. The van der Waals surface area contributed by atoms with Crippen LogP contribution in [0.4, 0.5) is 0 Å². The van der Waals surface area contributed by atoms with Crippen LogP contribution in [0.25, 0.3) is 0 Å². The van der Waals surface area contributed by atoms with E-state index in [1.165, 1.54) is 0 Å². The Labute approximate surface area is 97.4 Å². The highest BCUT2D eigenvalue weighted by Gasteiger charge is 2.45. The van der Waals surface area contributed by atoms with Crippen molar-refractivity contribution >= 4 is 5.97 Å². The molecule has 1 aliphatic carbocycles. The van der Waals surface area contributed by atoms with Crippen molar-refractivity contribution in [2.24, 2.45) is 5.92 Å². The number of rotatable bonds is 6. The van der Waals surface area contributed by atoms with Crippen molar-refractivity contribution in [3.8, 4) is 0 Å². The van der Waals surface area contributed by atoms with Gasteiger partial charge in [-0.3, -0.25) is 10.1 Å². The zero-order valence-electron chi connectivity index (χ0n) is 10.8. The lowest BCUT2D eigenvalue weighted by atomic mass is 9.87. The monoisotopic (exact) mass is 229 g/mol. The van der Waals surface area contributed by atoms with Gasteiger partial charge in [0.2, 0.25) is 0 Å². The van der Waals surface area contributed by atoms with E-state index < -0.39 is 17.1 Å². The van der Waals surface area contributed by atoms with E-state index in [1.807, 2.05) is 13.8 Å². The number of carboxylic acid groups (broad SMARTS) is 1. The van der Waals surface area contributed by atoms with E-state index in [4.69, 9.17) is 4.74 Å². The summed E-state index contributed by atoms with van der Waals surface area (Å²) in [4.78, 5) is 11.4. The Morgan fingerprint density at radius 1 is 1.50 bits per heavy atom. The second-order valence-electron chi connectivity index (χ2n) is 5.74. The van der Waals surface area contributed by atoms with Crippen LogP contribution < -0.4 is 5.32 Å². The first-order chi connectivity index (χ1) is 7.20. The van der Waals surface area contributed by atoms with E-state index in [0.29, 0.717) is 18.4 Å². The van der Waals surface area contributed by atoms with Crippen LogP contribution in [0.1, 0.15) is 40.5 Å². The highest BCUT2D eigenvalue weighted by atomic mass is 16.5. The Kier molecular flexibility index (Phi) is 3.65. The minimum atomic E-state index is -0.908. The third-order valence-electron chi connectivity index (χ3n) is 3.42. The Hall–Kier alpha value is -0.610. The van der Waals surface area contributed by atoms with Gasteiger partial charge in [-0.2, -0.15) is 0 Å². The largest absolute Gasteiger partial charge is 0.480 e. The topological polar surface area (TPSA) is 58.6 Å². The summed E-state index contributed by atoms with van der Waals surface area (Å²) in [7, 11) is 1.61. The van der Waals surface area contributed by atoms with Gasteiger partial charge in [-0.1, -0.05) is 6.92 Å². The Bertz CT molecular complexity index is 277. The molecule has 0 aliphatic heterocycles. The Morgan fingerprint density at radius 3 is 2.31 bits per heavy atom. The Morgan fingerprint density at radius 2 is 2.00 bits per heavy atom. The molecule has 0 aromatic heterocycles.